The highest BCUT2D eigenvalue weighted by Crippen LogP contribution is 2.29. The van der Waals surface area contributed by atoms with Gasteiger partial charge >= 0.3 is 11.7 Å². The number of ether oxygens (including phenoxy) is 1. The molecule has 2 heterocycles. The molecule has 0 radical (unpaired) electrons. The molecular weight excluding hydrogens is 383 g/mol. The molecule has 0 saturated heterocycles. The van der Waals surface area contributed by atoms with Crippen molar-refractivity contribution in [3.05, 3.63) is 75.6 Å². The van der Waals surface area contributed by atoms with E-state index in [2.05, 4.69) is 5.10 Å². The molecule has 3 rings (SSSR count). The fraction of sp³-hybridized carbons (Fsp3) is 0.211. The number of methoxy groups -OCH3 is 1. The third-order valence-electron chi connectivity index (χ3n) is 4.12. The van der Waals surface area contributed by atoms with Crippen LogP contribution in [0, 0.1) is 0 Å². The Labute approximate surface area is 164 Å². The zero-order valence-electron chi connectivity index (χ0n) is 15.2. The maximum absolute atomic E-state index is 12.7. The standard InChI is InChI=1S/C19H19FN4O3S/c1-27-18(25)15-4-2-3-14(7-15)17-6-5-16(28-17)11-23-12-22-24(19(23)26)10-13(8-20)9-21/h2-8,12H,9-11,21H2,1H3/b13-8+. The van der Waals surface area contributed by atoms with Gasteiger partial charge in [-0.1, -0.05) is 12.1 Å². The second-order valence-electron chi connectivity index (χ2n) is 6.01. The van der Waals surface area contributed by atoms with Gasteiger partial charge in [0, 0.05) is 16.3 Å². The lowest BCUT2D eigenvalue weighted by atomic mass is 10.1. The van der Waals surface area contributed by atoms with Gasteiger partial charge in [0.15, 0.2) is 0 Å². The van der Waals surface area contributed by atoms with Crippen molar-refractivity contribution in [3.63, 3.8) is 0 Å². The summed E-state index contributed by atoms with van der Waals surface area (Å²) in [6.45, 7) is 0.390. The van der Waals surface area contributed by atoms with Crippen molar-refractivity contribution in [2.75, 3.05) is 13.7 Å². The maximum atomic E-state index is 12.7. The molecule has 2 aromatic heterocycles. The van der Waals surface area contributed by atoms with Crippen molar-refractivity contribution >= 4 is 17.3 Å². The summed E-state index contributed by atoms with van der Waals surface area (Å²) in [6.07, 6.45) is 1.82. The summed E-state index contributed by atoms with van der Waals surface area (Å²) in [5.41, 5.74) is 6.74. The van der Waals surface area contributed by atoms with Crippen molar-refractivity contribution in [3.8, 4) is 10.4 Å². The lowest BCUT2D eigenvalue weighted by molar-refractivity contribution is 0.0601. The first-order chi connectivity index (χ1) is 13.5. The average Bonchev–Trinajstić information content (AvgIpc) is 3.33. The van der Waals surface area contributed by atoms with E-state index in [0.29, 0.717) is 18.4 Å². The number of benzene rings is 1. The molecule has 0 aliphatic heterocycles. The summed E-state index contributed by atoms with van der Waals surface area (Å²) in [4.78, 5) is 26.0. The van der Waals surface area contributed by atoms with Crippen molar-refractivity contribution in [1.29, 1.82) is 0 Å². The van der Waals surface area contributed by atoms with Crippen LogP contribution in [0.15, 0.2) is 59.4 Å². The molecule has 0 fully saturated rings. The van der Waals surface area contributed by atoms with E-state index in [0.717, 1.165) is 15.3 Å². The summed E-state index contributed by atoms with van der Waals surface area (Å²) >= 11 is 1.51. The van der Waals surface area contributed by atoms with Crippen LogP contribution in [0.2, 0.25) is 0 Å². The number of thiophene rings is 1. The van der Waals surface area contributed by atoms with Crippen LogP contribution >= 0.6 is 11.3 Å². The number of carbonyl (C=O) groups excluding carboxylic acids is 1. The number of nitrogens with zero attached hydrogens (tertiary/aromatic N) is 3. The quantitative estimate of drug-likeness (QED) is 0.613. The summed E-state index contributed by atoms with van der Waals surface area (Å²) in [5.74, 6) is -0.392. The normalized spacial score (nSPS) is 11.6. The van der Waals surface area contributed by atoms with Gasteiger partial charge in [-0.05, 0) is 35.4 Å². The van der Waals surface area contributed by atoms with Gasteiger partial charge in [-0.15, -0.1) is 11.3 Å². The second kappa shape index (κ2) is 8.77. The Morgan fingerprint density at radius 2 is 2.18 bits per heavy atom. The molecule has 0 aliphatic carbocycles. The minimum absolute atomic E-state index is 0.0225. The van der Waals surface area contributed by atoms with E-state index in [-0.39, 0.29) is 24.4 Å². The van der Waals surface area contributed by atoms with Gasteiger partial charge in [-0.3, -0.25) is 4.57 Å². The smallest absolute Gasteiger partial charge is 0.346 e. The van der Waals surface area contributed by atoms with Gasteiger partial charge in [-0.2, -0.15) is 5.10 Å². The number of hydrogen-bond acceptors (Lipinski definition) is 6. The molecule has 0 atom stereocenters. The molecule has 146 valence electrons. The van der Waals surface area contributed by atoms with Crippen LogP contribution in [-0.2, 0) is 17.8 Å². The van der Waals surface area contributed by atoms with Crippen molar-refractivity contribution in [1.82, 2.24) is 14.3 Å². The van der Waals surface area contributed by atoms with E-state index in [1.54, 1.807) is 18.2 Å². The van der Waals surface area contributed by atoms with Gasteiger partial charge in [0.1, 0.15) is 6.33 Å². The first-order valence-corrected chi connectivity index (χ1v) is 9.25. The number of aromatic nitrogens is 3. The predicted octanol–water partition coefficient (Wildman–Crippen LogP) is 2.42. The topological polar surface area (TPSA) is 92.1 Å². The average molecular weight is 402 g/mol. The molecule has 3 aromatic rings. The summed E-state index contributed by atoms with van der Waals surface area (Å²) < 4.78 is 20.1. The van der Waals surface area contributed by atoms with Crippen LogP contribution in [0.5, 0.6) is 0 Å². The Kier molecular flexibility index (Phi) is 6.17. The summed E-state index contributed by atoms with van der Waals surface area (Å²) in [5, 5.41) is 4.01. The van der Waals surface area contributed by atoms with E-state index in [4.69, 9.17) is 10.5 Å². The fourth-order valence-corrected chi connectivity index (χ4v) is 3.63. The highest BCUT2D eigenvalue weighted by Gasteiger charge is 2.11. The van der Waals surface area contributed by atoms with Crippen LogP contribution in [-0.4, -0.2) is 34.0 Å². The zero-order chi connectivity index (χ0) is 20.1. The van der Waals surface area contributed by atoms with E-state index in [9.17, 15) is 14.0 Å². The Hall–Kier alpha value is -3.04. The van der Waals surface area contributed by atoms with Crippen LogP contribution in [0.25, 0.3) is 10.4 Å². The Morgan fingerprint density at radius 1 is 1.36 bits per heavy atom. The third kappa shape index (κ3) is 4.26. The molecule has 9 heteroatoms. The van der Waals surface area contributed by atoms with Gasteiger partial charge < -0.3 is 10.5 Å². The van der Waals surface area contributed by atoms with E-state index >= 15 is 0 Å². The maximum Gasteiger partial charge on any atom is 0.346 e. The molecule has 7 nitrogen and oxygen atoms in total. The second-order valence-corrected chi connectivity index (χ2v) is 7.18. The number of carbonyl (C=O) groups is 1. The van der Waals surface area contributed by atoms with Crippen molar-refractivity contribution in [2.45, 2.75) is 13.1 Å². The Balaban J connectivity index is 1.78. The molecule has 1 aromatic carbocycles. The van der Waals surface area contributed by atoms with Gasteiger partial charge in [0.25, 0.3) is 0 Å². The molecule has 0 spiro atoms. The number of rotatable bonds is 7. The summed E-state index contributed by atoms with van der Waals surface area (Å²) in [6, 6.07) is 11.0. The van der Waals surface area contributed by atoms with E-state index < -0.39 is 5.97 Å². The lowest BCUT2D eigenvalue weighted by Crippen LogP contribution is -2.26. The highest BCUT2D eigenvalue weighted by atomic mass is 32.1. The number of nitrogens with two attached hydrogens (primary N) is 1. The van der Waals surface area contributed by atoms with Crippen molar-refractivity contribution in [2.24, 2.45) is 5.73 Å². The zero-order valence-corrected chi connectivity index (χ0v) is 16.0. The van der Waals surface area contributed by atoms with Gasteiger partial charge in [-0.25, -0.2) is 18.7 Å². The minimum atomic E-state index is -0.392. The van der Waals surface area contributed by atoms with Crippen LogP contribution in [0.4, 0.5) is 4.39 Å². The number of halogens is 1. The molecule has 2 N–H and O–H groups in total. The van der Waals surface area contributed by atoms with Crippen LogP contribution in [0.1, 0.15) is 15.2 Å². The molecule has 28 heavy (non-hydrogen) atoms. The molecule has 0 amide bonds. The Morgan fingerprint density at radius 3 is 2.89 bits per heavy atom. The molecule has 0 aliphatic rings. The molecule has 0 saturated carbocycles. The van der Waals surface area contributed by atoms with E-state index in [1.807, 2.05) is 18.2 Å². The highest BCUT2D eigenvalue weighted by molar-refractivity contribution is 7.15. The van der Waals surface area contributed by atoms with E-state index in [1.165, 1.54) is 34.0 Å². The predicted molar refractivity (Wildman–Crippen MR) is 105 cm³/mol. The summed E-state index contributed by atoms with van der Waals surface area (Å²) in [7, 11) is 1.34. The first kappa shape index (κ1) is 19.7. The van der Waals surface area contributed by atoms with Crippen LogP contribution in [0.3, 0.4) is 0 Å². The Bertz CT molecular complexity index is 1070. The number of hydrogen-bond donors (Lipinski definition) is 1. The first-order valence-electron chi connectivity index (χ1n) is 8.43. The van der Waals surface area contributed by atoms with Crippen LogP contribution < -0.4 is 11.4 Å². The lowest BCUT2D eigenvalue weighted by Gasteiger charge is -2.02. The SMILES string of the molecule is COC(=O)c1cccc(-c2ccc(Cn3cnn(C/C(=C/F)CN)c3=O)s2)c1. The molecule has 0 unspecified atom stereocenters. The largest absolute Gasteiger partial charge is 0.465 e. The molecular formula is C19H19FN4O3S. The monoisotopic (exact) mass is 402 g/mol. The van der Waals surface area contributed by atoms with Crippen molar-refractivity contribution < 1.29 is 13.9 Å². The van der Waals surface area contributed by atoms with Gasteiger partial charge in [0.2, 0.25) is 0 Å². The molecule has 0 bridgehead atoms. The third-order valence-corrected chi connectivity index (χ3v) is 5.24. The minimum Gasteiger partial charge on any atom is -0.465 e. The fourth-order valence-electron chi connectivity index (χ4n) is 2.63. The van der Waals surface area contributed by atoms with Gasteiger partial charge in [0.05, 0.1) is 32.1 Å². The number of esters is 1.